The normalized spacial score (nSPS) is 10.8. The van der Waals surface area contributed by atoms with E-state index >= 15 is 0 Å². The predicted octanol–water partition coefficient (Wildman–Crippen LogP) is 6.03. The Morgan fingerprint density at radius 1 is 0.917 bits per heavy atom. The van der Waals surface area contributed by atoms with Gasteiger partial charge in [-0.3, -0.25) is 4.79 Å². The van der Waals surface area contributed by atoms with E-state index in [9.17, 15) is 9.18 Å². The molecule has 1 heterocycles. The Morgan fingerprint density at radius 2 is 1.56 bits per heavy atom. The lowest BCUT2D eigenvalue weighted by atomic mass is 10.0. The van der Waals surface area contributed by atoms with Gasteiger partial charge in [-0.25, -0.2) is 4.39 Å². The molecule has 0 aliphatic heterocycles. The summed E-state index contributed by atoms with van der Waals surface area (Å²) >= 11 is 0. The van der Waals surface area contributed by atoms with E-state index in [1.807, 2.05) is 73.1 Å². The number of hydrogen-bond donors (Lipinski definition) is 1. The number of carbonyl (C=O) groups excluding carboxylic acids is 1. The molecule has 5 nitrogen and oxygen atoms in total. The number of amides is 1. The summed E-state index contributed by atoms with van der Waals surface area (Å²) in [4.78, 5) is 13.5. The van der Waals surface area contributed by atoms with Crippen LogP contribution in [-0.4, -0.2) is 30.7 Å². The number of methoxy groups -OCH3 is 1. The molecule has 186 valence electrons. The van der Waals surface area contributed by atoms with E-state index in [1.54, 1.807) is 19.2 Å². The average molecular weight is 487 g/mol. The first-order chi connectivity index (χ1) is 17.5. The number of halogens is 1. The molecular weight excluding hydrogens is 455 g/mol. The maximum Gasteiger partial charge on any atom is 0.268 e. The van der Waals surface area contributed by atoms with Crippen molar-refractivity contribution in [1.29, 1.82) is 0 Å². The fourth-order valence-electron chi connectivity index (χ4n) is 4.29. The summed E-state index contributed by atoms with van der Waals surface area (Å²) in [6.07, 6.45) is 2.68. The lowest BCUT2D eigenvalue weighted by Crippen LogP contribution is -2.28. The maximum absolute atomic E-state index is 13.5. The Morgan fingerprint density at radius 3 is 2.19 bits per heavy atom. The monoisotopic (exact) mass is 486 g/mol. The van der Waals surface area contributed by atoms with Crippen molar-refractivity contribution in [1.82, 2.24) is 9.88 Å². The summed E-state index contributed by atoms with van der Waals surface area (Å²) in [5.41, 5.74) is 5.40. The second kappa shape index (κ2) is 11.6. The van der Waals surface area contributed by atoms with Crippen LogP contribution in [0.2, 0.25) is 0 Å². The largest absolute Gasteiger partial charge is 0.497 e. The van der Waals surface area contributed by atoms with Gasteiger partial charge in [0.25, 0.3) is 5.91 Å². The third-order valence-corrected chi connectivity index (χ3v) is 6.06. The van der Waals surface area contributed by atoms with E-state index in [2.05, 4.69) is 5.32 Å². The van der Waals surface area contributed by atoms with Crippen LogP contribution in [0.25, 0.3) is 11.1 Å². The highest BCUT2D eigenvalue weighted by atomic mass is 19.1. The van der Waals surface area contributed by atoms with Gasteiger partial charge in [0.2, 0.25) is 0 Å². The maximum atomic E-state index is 13.5. The number of benzene rings is 3. The fourth-order valence-corrected chi connectivity index (χ4v) is 4.29. The van der Waals surface area contributed by atoms with Gasteiger partial charge in [-0.15, -0.1) is 0 Å². The molecule has 0 atom stereocenters. The molecule has 4 rings (SSSR count). The first-order valence-electron chi connectivity index (χ1n) is 12.1. The van der Waals surface area contributed by atoms with Crippen LogP contribution in [0.15, 0.2) is 79.0 Å². The van der Waals surface area contributed by atoms with Crippen LogP contribution in [0, 0.1) is 12.7 Å². The molecule has 0 fully saturated rings. The molecule has 3 aromatic carbocycles. The summed E-state index contributed by atoms with van der Waals surface area (Å²) in [6, 6.07) is 22.0. The van der Waals surface area contributed by atoms with Crippen molar-refractivity contribution in [3.8, 4) is 22.6 Å². The van der Waals surface area contributed by atoms with Gasteiger partial charge >= 0.3 is 0 Å². The molecule has 0 bridgehead atoms. The van der Waals surface area contributed by atoms with Crippen molar-refractivity contribution in [3.63, 3.8) is 0 Å². The highest BCUT2D eigenvalue weighted by Gasteiger charge is 2.21. The zero-order valence-electron chi connectivity index (χ0n) is 20.9. The van der Waals surface area contributed by atoms with Crippen LogP contribution in [0.3, 0.4) is 0 Å². The zero-order valence-corrected chi connectivity index (χ0v) is 20.9. The van der Waals surface area contributed by atoms with Gasteiger partial charge in [0.15, 0.2) is 0 Å². The Labute approximate surface area is 211 Å². The molecule has 36 heavy (non-hydrogen) atoms. The van der Waals surface area contributed by atoms with Crippen molar-refractivity contribution in [2.45, 2.75) is 26.8 Å². The molecule has 6 heteroatoms. The van der Waals surface area contributed by atoms with Gasteiger partial charge in [0, 0.05) is 24.8 Å². The molecule has 1 amide bonds. The third kappa shape index (κ3) is 5.95. The van der Waals surface area contributed by atoms with Crippen LogP contribution in [-0.2, 0) is 13.0 Å². The Kier molecular flexibility index (Phi) is 8.06. The number of hydrogen-bond acceptors (Lipinski definition) is 3. The van der Waals surface area contributed by atoms with Crippen molar-refractivity contribution >= 4 is 5.91 Å². The van der Waals surface area contributed by atoms with Crippen LogP contribution >= 0.6 is 0 Å². The minimum Gasteiger partial charge on any atom is -0.497 e. The fraction of sp³-hybridized carbons (Fsp3) is 0.233. The number of ether oxygens (including phenoxy) is 2. The number of carbonyl (C=O) groups is 1. The molecule has 0 aliphatic carbocycles. The second-order valence-electron chi connectivity index (χ2n) is 8.60. The third-order valence-electron chi connectivity index (χ3n) is 6.06. The molecule has 4 aromatic rings. The highest BCUT2D eigenvalue weighted by Crippen LogP contribution is 2.31. The first-order valence-corrected chi connectivity index (χ1v) is 12.1. The molecular formula is C30H31FN2O3. The SMILES string of the molecule is CCOc1ccc(CCNC(=O)c2c(-c3ccc(OC)cc3)c(C)cn2Cc2ccc(F)cc2)cc1. The molecule has 1 N–H and O–H groups in total. The van der Waals surface area contributed by atoms with Gasteiger partial charge in [0.1, 0.15) is 23.0 Å². The van der Waals surface area contributed by atoms with Crippen LogP contribution in [0.4, 0.5) is 4.39 Å². The topological polar surface area (TPSA) is 52.5 Å². The minimum atomic E-state index is -0.284. The van der Waals surface area contributed by atoms with E-state index in [-0.39, 0.29) is 11.7 Å². The summed E-state index contributed by atoms with van der Waals surface area (Å²) in [5, 5.41) is 3.09. The lowest BCUT2D eigenvalue weighted by molar-refractivity contribution is 0.0946. The molecule has 0 saturated carbocycles. The number of aromatic nitrogens is 1. The summed E-state index contributed by atoms with van der Waals surface area (Å²) in [6.45, 7) is 5.53. The summed E-state index contributed by atoms with van der Waals surface area (Å²) in [7, 11) is 1.63. The average Bonchev–Trinajstić information content (AvgIpc) is 3.22. The number of rotatable bonds is 10. The van der Waals surface area contributed by atoms with Crippen molar-refractivity contribution in [2.24, 2.45) is 0 Å². The second-order valence-corrected chi connectivity index (χ2v) is 8.60. The van der Waals surface area contributed by atoms with Gasteiger partial charge in [-0.05, 0) is 78.9 Å². The lowest BCUT2D eigenvalue weighted by Gasteiger charge is -2.13. The summed E-state index contributed by atoms with van der Waals surface area (Å²) in [5.74, 6) is 1.16. The van der Waals surface area contributed by atoms with Crippen LogP contribution in [0.1, 0.15) is 34.1 Å². The van der Waals surface area contributed by atoms with E-state index in [0.29, 0.717) is 31.8 Å². The minimum absolute atomic E-state index is 0.151. The number of nitrogens with zero attached hydrogens (tertiary/aromatic N) is 1. The van der Waals surface area contributed by atoms with Crippen molar-refractivity contribution < 1.29 is 18.7 Å². The van der Waals surface area contributed by atoms with E-state index < -0.39 is 0 Å². The van der Waals surface area contributed by atoms with Crippen molar-refractivity contribution in [2.75, 3.05) is 20.3 Å². The predicted molar refractivity (Wildman–Crippen MR) is 140 cm³/mol. The first kappa shape index (κ1) is 25.0. The summed E-state index contributed by atoms with van der Waals surface area (Å²) < 4.78 is 26.2. The Balaban J connectivity index is 1.58. The van der Waals surface area contributed by atoms with E-state index in [4.69, 9.17) is 9.47 Å². The molecule has 0 unspecified atom stereocenters. The van der Waals surface area contributed by atoms with Crippen LogP contribution in [0.5, 0.6) is 11.5 Å². The standard InChI is InChI=1S/C30H31FN2O3/c1-4-36-27-13-7-22(8-14-27)17-18-32-30(34)29-28(24-9-15-26(35-3)16-10-24)21(2)19-33(29)20-23-5-11-25(31)12-6-23/h5-16,19H,4,17-18,20H2,1-3H3,(H,32,34). The van der Waals surface area contributed by atoms with E-state index in [1.165, 1.54) is 12.1 Å². The van der Waals surface area contributed by atoms with Crippen molar-refractivity contribution in [3.05, 3.63) is 107 Å². The number of nitrogens with one attached hydrogen (secondary N) is 1. The molecule has 0 aliphatic rings. The molecule has 0 spiro atoms. The van der Waals surface area contributed by atoms with Crippen LogP contribution < -0.4 is 14.8 Å². The zero-order chi connectivity index (χ0) is 25.5. The molecule has 1 aromatic heterocycles. The quantitative estimate of drug-likeness (QED) is 0.298. The smallest absolute Gasteiger partial charge is 0.268 e. The Hall–Kier alpha value is -4.06. The number of aryl methyl sites for hydroxylation is 1. The molecule has 0 saturated heterocycles. The molecule has 0 radical (unpaired) electrons. The van der Waals surface area contributed by atoms with Gasteiger partial charge in [-0.2, -0.15) is 0 Å². The highest BCUT2D eigenvalue weighted by molar-refractivity contribution is 6.00. The van der Waals surface area contributed by atoms with Gasteiger partial charge < -0.3 is 19.4 Å². The van der Waals surface area contributed by atoms with Gasteiger partial charge in [0.05, 0.1) is 13.7 Å². The van der Waals surface area contributed by atoms with E-state index in [0.717, 1.165) is 39.3 Å². The Bertz CT molecular complexity index is 1290. The van der Waals surface area contributed by atoms with Gasteiger partial charge in [-0.1, -0.05) is 36.4 Å².